The Kier molecular flexibility index (Phi) is 7.16. The molecule has 1 aliphatic heterocycles. The largest absolute Gasteiger partial charge is 0.325 e. The van der Waals surface area contributed by atoms with Gasteiger partial charge < -0.3 is 5.32 Å². The maximum absolute atomic E-state index is 12.3. The predicted octanol–water partition coefficient (Wildman–Crippen LogP) is 1.60. The predicted molar refractivity (Wildman–Crippen MR) is 115 cm³/mol. The molecule has 3 N–H and O–H groups in total. The lowest BCUT2D eigenvalue weighted by atomic mass is 10.2. The summed E-state index contributed by atoms with van der Waals surface area (Å²) in [7, 11) is -3.73. The minimum Gasteiger partial charge on any atom is -0.325 e. The van der Waals surface area contributed by atoms with Crippen LogP contribution in [0.2, 0.25) is 0 Å². The fraction of sp³-hybridized carbons (Fsp3) is 0.286. The van der Waals surface area contributed by atoms with Crippen LogP contribution < -0.4 is 10.5 Å². The number of carbonyl (C=O) groups is 1. The molecule has 7 nitrogen and oxygen atoms in total. The van der Waals surface area contributed by atoms with E-state index < -0.39 is 10.0 Å². The first-order valence-corrected chi connectivity index (χ1v) is 11.0. The molecular weight excluding hydrogens is 388 g/mol. The van der Waals surface area contributed by atoms with Gasteiger partial charge in [-0.15, -0.1) is 0 Å². The summed E-state index contributed by atoms with van der Waals surface area (Å²) in [4.78, 5) is 16.8. The molecule has 29 heavy (non-hydrogen) atoms. The van der Waals surface area contributed by atoms with E-state index in [0.717, 1.165) is 32.7 Å². The third kappa shape index (κ3) is 6.79. The molecule has 3 rings (SSSR count). The van der Waals surface area contributed by atoms with Crippen LogP contribution in [0.3, 0.4) is 0 Å². The van der Waals surface area contributed by atoms with Gasteiger partial charge in [0, 0.05) is 38.4 Å². The van der Waals surface area contributed by atoms with Crippen LogP contribution in [0.1, 0.15) is 5.56 Å². The number of nitrogens with one attached hydrogen (secondary N) is 1. The molecule has 0 unspecified atom stereocenters. The molecule has 1 aliphatic rings. The van der Waals surface area contributed by atoms with Crippen molar-refractivity contribution in [1.82, 2.24) is 9.80 Å². The normalized spacial score (nSPS) is 16.2. The summed E-state index contributed by atoms with van der Waals surface area (Å²) in [6.07, 6.45) is 4.30. The number of piperazine rings is 1. The van der Waals surface area contributed by atoms with Crippen LogP contribution >= 0.6 is 0 Å². The topological polar surface area (TPSA) is 95.7 Å². The summed E-state index contributed by atoms with van der Waals surface area (Å²) in [6.45, 7) is 4.69. The Hall–Kier alpha value is -2.52. The van der Waals surface area contributed by atoms with Crippen molar-refractivity contribution in [2.24, 2.45) is 5.14 Å². The van der Waals surface area contributed by atoms with Crippen LogP contribution in [-0.2, 0) is 14.8 Å². The molecule has 1 heterocycles. The summed E-state index contributed by atoms with van der Waals surface area (Å²) in [5.74, 6) is -0.120. The number of rotatable bonds is 7. The number of nitrogens with zero attached hydrogens (tertiary/aromatic N) is 2. The van der Waals surface area contributed by atoms with Gasteiger partial charge in [-0.2, -0.15) is 0 Å². The summed E-state index contributed by atoms with van der Waals surface area (Å²) in [5, 5.41) is 7.86. The zero-order valence-corrected chi connectivity index (χ0v) is 17.0. The number of hydrogen-bond donors (Lipinski definition) is 2. The van der Waals surface area contributed by atoms with Crippen molar-refractivity contribution in [3.8, 4) is 0 Å². The van der Waals surface area contributed by atoms with Gasteiger partial charge in [0.15, 0.2) is 0 Å². The van der Waals surface area contributed by atoms with Crippen molar-refractivity contribution in [3.63, 3.8) is 0 Å². The second-order valence-corrected chi connectivity index (χ2v) is 8.57. The average Bonchev–Trinajstić information content (AvgIpc) is 2.70. The molecular formula is C21H26N4O3S. The van der Waals surface area contributed by atoms with Gasteiger partial charge in [0.1, 0.15) is 0 Å². The SMILES string of the molecule is NS(=O)(=O)c1ccc(NC(=O)CN2CCN(C/C=C/c3ccccc3)CC2)cc1. The minimum atomic E-state index is -3.73. The Bertz CT molecular complexity index is 936. The molecule has 0 aromatic heterocycles. The first-order valence-electron chi connectivity index (χ1n) is 9.49. The van der Waals surface area contributed by atoms with Gasteiger partial charge >= 0.3 is 0 Å². The summed E-state index contributed by atoms with van der Waals surface area (Å²) >= 11 is 0. The fourth-order valence-corrected chi connectivity index (χ4v) is 3.68. The zero-order valence-electron chi connectivity index (χ0n) is 16.2. The standard InChI is InChI=1S/C21H26N4O3S/c22-29(27,28)20-10-8-19(9-11-20)23-21(26)17-25-15-13-24(14-16-25)12-4-7-18-5-2-1-3-6-18/h1-11H,12-17H2,(H,23,26)(H2,22,27,28)/b7-4+. The molecule has 0 atom stereocenters. The average molecular weight is 415 g/mol. The molecule has 0 bridgehead atoms. The number of primary sulfonamides is 1. The van der Waals surface area contributed by atoms with Crippen LogP contribution in [0.15, 0.2) is 65.6 Å². The molecule has 154 valence electrons. The molecule has 2 aromatic rings. The van der Waals surface area contributed by atoms with Crippen LogP contribution in [0.5, 0.6) is 0 Å². The summed E-state index contributed by atoms with van der Waals surface area (Å²) in [5.41, 5.74) is 1.74. The van der Waals surface area contributed by atoms with Crippen LogP contribution in [-0.4, -0.2) is 63.4 Å². The zero-order chi connectivity index (χ0) is 20.7. The highest BCUT2D eigenvalue weighted by molar-refractivity contribution is 7.89. The first-order chi connectivity index (χ1) is 13.9. The highest BCUT2D eigenvalue weighted by Crippen LogP contribution is 2.13. The van der Waals surface area contributed by atoms with Gasteiger partial charge in [-0.1, -0.05) is 42.5 Å². The molecule has 1 saturated heterocycles. The molecule has 1 amide bonds. The van der Waals surface area contributed by atoms with E-state index in [1.54, 1.807) is 0 Å². The fourth-order valence-electron chi connectivity index (χ4n) is 3.16. The van der Waals surface area contributed by atoms with Crippen LogP contribution in [0.25, 0.3) is 6.08 Å². The molecule has 0 spiro atoms. The first kappa shape index (κ1) is 21.2. The van der Waals surface area contributed by atoms with Crippen molar-refractivity contribution >= 4 is 27.7 Å². The quantitative estimate of drug-likeness (QED) is 0.718. The lowest BCUT2D eigenvalue weighted by molar-refractivity contribution is -0.117. The molecule has 0 aliphatic carbocycles. The van der Waals surface area contributed by atoms with E-state index in [-0.39, 0.29) is 10.8 Å². The van der Waals surface area contributed by atoms with E-state index in [4.69, 9.17) is 5.14 Å². The highest BCUT2D eigenvalue weighted by Gasteiger charge is 2.18. The molecule has 8 heteroatoms. The maximum Gasteiger partial charge on any atom is 0.238 e. The lowest BCUT2D eigenvalue weighted by Gasteiger charge is -2.33. The molecule has 2 aromatic carbocycles. The van der Waals surface area contributed by atoms with Gasteiger partial charge in [0.2, 0.25) is 15.9 Å². The number of carbonyl (C=O) groups excluding carboxylic acids is 1. The van der Waals surface area contributed by atoms with Gasteiger partial charge in [0.25, 0.3) is 0 Å². The number of nitrogens with two attached hydrogens (primary N) is 1. The van der Waals surface area contributed by atoms with Gasteiger partial charge in [-0.3, -0.25) is 14.6 Å². The Morgan fingerprint density at radius 3 is 2.21 bits per heavy atom. The maximum atomic E-state index is 12.3. The Balaban J connectivity index is 1.40. The van der Waals surface area contributed by atoms with E-state index >= 15 is 0 Å². The van der Waals surface area contributed by atoms with E-state index in [2.05, 4.69) is 39.4 Å². The monoisotopic (exact) mass is 414 g/mol. The van der Waals surface area contributed by atoms with Crippen LogP contribution in [0.4, 0.5) is 5.69 Å². The van der Waals surface area contributed by atoms with Crippen molar-refractivity contribution in [1.29, 1.82) is 0 Å². The van der Waals surface area contributed by atoms with Gasteiger partial charge in [-0.25, -0.2) is 13.6 Å². The van der Waals surface area contributed by atoms with E-state index in [0.29, 0.717) is 12.2 Å². The third-order valence-corrected chi connectivity index (χ3v) is 5.70. The number of anilines is 1. The van der Waals surface area contributed by atoms with Gasteiger partial charge in [-0.05, 0) is 29.8 Å². The second-order valence-electron chi connectivity index (χ2n) is 7.01. The smallest absolute Gasteiger partial charge is 0.238 e. The number of sulfonamides is 1. The number of hydrogen-bond acceptors (Lipinski definition) is 5. The Labute approximate surface area is 171 Å². The van der Waals surface area contributed by atoms with Crippen molar-refractivity contribution in [2.75, 3.05) is 44.6 Å². The Morgan fingerprint density at radius 2 is 1.59 bits per heavy atom. The second kappa shape index (κ2) is 9.80. The lowest BCUT2D eigenvalue weighted by Crippen LogP contribution is -2.48. The van der Waals surface area contributed by atoms with Gasteiger partial charge in [0.05, 0.1) is 11.4 Å². The molecule has 0 saturated carbocycles. The summed E-state index contributed by atoms with van der Waals surface area (Å²) < 4.78 is 22.5. The highest BCUT2D eigenvalue weighted by atomic mass is 32.2. The summed E-state index contributed by atoms with van der Waals surface area (Å²) in [6, 6.07) is 16.1. The minimum absolute atomic E-state index is 0.0212. The number of amides is 1. The van der Waals surface area contributed by atoms with E-state index in [1.165, 1.54) is 29.8 Å². The van der Waals surface area contributed by atoms with Crippen molar-refractivity contribution in [3.05, 3.63) is 66.2 Å². The molecule has 1 fully saturated rings. The van der Waals surface area contributed by atoms with Crippen molar-refractivity contribution < 1.29 is 13.2 Å². The third-order valence-electron chi connectivity index (χ3n) is 4.77. The number of benzene rings is 2. The Morgan fingerprint density at radius 1 is 0.966 bits per heavy atom. The molecule has 0 radical (unpaired) electrons. The van der Waals surface area contributed by atoms with E-state index in [1.807, 2.05) is 18.2 Å². The van der Waals surface area contributed by atoms with Crippen LogP contribution in [0, 0.1) is 0 Å². The van der Waals surface area contributed by atoms with E-state index in [9.17, 15) is 13.2 Å². The van der Waals surface area contributed by atoms with Crippen molar-refractivity contribution in [2.45, 2.75) is 4.90 Å².